The fourth-order valence-electron chi connectivity index (χ4n) is 3.38. The van der Waals surface area contributed by atoms with Crippen LogP contribution in [0.2, 0.25) is 0 Å². The van der Waals surface area contributed by atoms with Gasteiger partial charge in [0.15, 0.2) is 0 Å². The number of nitrogens with zero attached hydrogens (tertiary/aromatic N) is 1. The Kier molecular flexibility index (Phi) is 3.51. The number of benzene rings is 4. The van der Waals surface area contributed by atoms with E-state index in [1.807, 2.05) is 0 Å². The van der Waals surface area contributed by atoms with E-state index in [0.717, 1.165) is 10.8 Å². The monoisotopic (exact) mass is 347 g/mol. The van der Waals surface area contributed by atoms with Gasteiger partial charge in [-0.2, -0.15) is 0 Å². The average Bonchev–Trinajstić information content (AvgIpc) is 2.60. The maximum Gasteiger partial charge on any atom is 0.139 e. The molecule has 4 aromatic rings. The molecule has 26 heavy (non-hydrogen) atoms. The van der Waals surface area contributed by atoms with Crippen LogP contribution >= 0.6 is 0 Å². The molecule has 0 saturated heterocycles. The molecule has 0 amide bonds. The molecule has 5 nitrogen and oxygen atoms in total. The van der Waals surface area contributed by atoms with Crippen molar-refractivity contribution in [2.24, 2.45) is 0 Å². The summed E-state index contributed by atoms with van der Waals surface area (Å²) in [6.45, 7) is 0. The molecule has 0 aromatic heterocycles. The highest BCUT2D eigenvalue weighted by Crippen LogP contribution is 2.45. The second-order valence-electron chi connectivity index (χ2n) is 6.24. The van der Waals surface area contributed by atoms with E-state index in [-0.39, 0.29) is 23.0 Å². The van der Waals surface area contributed by atoms with Gasteiger partial charge in [-0.15, -0.1) is 0 Å². The molecule has 4 aromatic carbocycles. The summed E-state index contributed by atoms with van der Waals surface area (Å²) >= 11 is 0. The highest BCUT2D eigenvalue weighted by Gasteiger charge is 2.19. The largest absolute Gasteiger partial charge is 0.508 e. The van der Waals surface area contributed by atoms with Crippen molar-refractivity contribution in [2.75, 3.05) is 11.9 Å². The molecule has 0 fully saturated rings. The molecule has 0 heterocycles. The molecule has 0 radical (unpaired) electrons. The van der Waals surface area contributed by atoms with Crippen molar-refractivity contribution in [3.8, 4) is 23.0 Å². The van der Waals surface area contributed by atoms with Gasteiger partial charge in [0, 0.05) is 17.8 Å². The van der Waals surface area contributed by atoms with Crippen molar-refractivity contribution in [1.82, 2.24) is 0 Å². The molecule has 130 valence electrons. The fraction of sp³-hybridized carbons (Fsp3) is 0.0476. The van der Waals surface area contributed by atoms with Crippen molar-refractivity contribution in [2.45, 2.75) is 0 Å². The van der Waals surface area contributed by atoms with Gasteiger partial charge in [-0.1, -0.05) is 24.3 Å². The van der Waals surface area contributed by atoms with E-state index in [0.29, 0.717) is 22.1 Å². The van der Waals surface area contributed by atoms with Gasteiger partial charge >= 0.3 is 0 Å². The number of fused-ring (bicyclic) bond motifs is 2. The Hall–Kier alpha value is -3.60. The first-order chi connectivity index (χ1) is 12.5. The van der Waals surface area contributed by atoms with E-state index >= 15 is 0 Å². The Labute approximate surface area is 149 Å². The zero-order chi connectivity index (χ0) is 18.4. The molecule has 0 saturated carbocycles. The Morgan fingerprint density at radius 2 is 0.962 bits per heavy atom. The SMILES string of the molecule is CN(c1c(O)ccc2ccc(O)cc12)c1c(O)ccc2ccc(O)cc12. The van der Waals surface area contributed by atoms with E-state index in [1.165, 1.54) is 0 Å². The van der Waals surface area contributed by atoms with Gasteiger partial charge in [0.1, 0.15) is 23.0 Å². The van der Waals surface area contributed by atoms with Gasteiger partial charge in [-0.3, -0.25) is 0 Å². The summed E-state index contributed by atoms with van der Waals surface area (Å²) in [7, 11) is 1.72. The molecule has 0 unspecified atom stereocenters. The Bertz CT molecular complexity index is 1050. The Morgan fingerprint density at radius 1 is 0.577 bits per heavy atom. The number of hydrogen-bond donors (Lipinski definition) is 4. The molecule has 4 rings (SSSR count). The Morgan fingerprint density at radius 3 is 1.38 bits per heavy atom. The number of aromatic hydroxyl groups is 4. The van der Waals surface area contributed by atoms with E-state index in [1.54, 1.807) is 72.6 Å². The van der Waals surface area contributed by atoms with Crippen molar-refractivity contribution >= 4 is 32.9 Å². The number of rotatable bonds is 2. The van der Waals surface area contributed by atoms with Crippen molar-refractivity contribution < 1.29 is 20.4 Å². The highest BCUT2D eigenvalue weighted by atomic mass is 16.3. The smallest absolute Gasteiger partial charge is 0.139 e. The first kappa shape index (κ1) is 15.9. The zero-order valence-corrected chi connectivity index (χ0v) is 14.0. The molecule has 0 bridgehead atoms. The minimum Gasteiger partial charge on any atom is -0.508 e. The van der Waals surface area contributed by atoms with Crippen molar-refractivity contribution in [3.05, 3.63) is 60.7 Å². The molecular weight excluding hydrogens is 330 g/mol. The standard InChI is InChI=1S/C21H17NO4/c1-22(20-16-10-14(23)6-2-12(16)4-8-18(20)25)21-17-11-15(24)7-3-13(17)5-9-19(21)26/h2-11,23-26H,1H3. The lowest BCUT2D eigenvalue weighted by atomic mass is 10.0. The second kappa shape index (κ2) is 5.74. The molecule has 0 aliphatic carbocycles. The molecule has 0 aliphatic heterocycles. The summed E-state index contributed by atoms with van der Waals surface area (Å²) in [5.74, 6) is 0.194. The van der Waals surface area contributed by atoms with Crippen LogP contribution in [0.25, 0.3) is 21.5 Å². The summed E-state index contributed by atoms with van der Waals surface area (Å²) in [6, 6.07) is 16.5. The Balaban J connectivity index is 2.04. The minimum absolute atomic E-state index is 0.0159. The van der Waals surface area contributed by atoms with Crippen LogP contribution in [0.1, 0.15) is 0 Å². The predicted molar refractivity (Wildman–Crippen MR) is 103 cm³/mol. The molecule has 0 aliphatic rings. The average molecular weight is 347 g/mol. The van der Waals surface area contributed by atoms with Crippen LogP contribution in [0.5, 0.6) is 23.0 Å². The van der Waals surface area contributed by atoms with Gasteiger partial charge < -0.3 is 25.3 Å². The molecule has 4 N–H and O–H groups in total. The third-order valence-electron chi connectivity index (χ3n) is 4.58. The maximum atomic E-state index is 10.5. The quantitative estimate of drug-likeness (QED) is 0.426. The number of phenols is 4. The maximum absolute atomic E-state index is 10.5. The topological polar surface area (TPSA) is 84.2 Å². The lowest BCUT2D eigenvalue weighted by Gasteiger charge is -2.25. The van der Waals surface area contributed by atoms with E-state index in [2.05, 4.69) is 0 Å². The fourth-order valence-corrected chi connectivity index (χ4v) is 3.38. The summed E-state index contributed by atoms with van der Waals surface area (Å²) in [4.78, 5) is 1.66. The normalized spacial score (nSPS) is 11.1. The van der Waals surface area contributed by atoms with Crippen LogP contribution in [-0.2, 0) is 0 Å². The summed E-state index contributed by atoms with van der Waals surface area (Å²) in [5, 5.41) is 43.7. The van der Waals surface area contributed by atoms with Crippen molar-refractivity contribution in [1.29, 1.82) is 0 Å². The van der Waals surface area contributed by atoms with Crippen molar-refractivity contribution in [3.63, 3.8) is 0 Å². The highest BCUT2D eigenvalue weighted by molar-refractivity contribution is 6.05. The van der Waals surface area contributed by atoms with Gasteiger partial charge in [-0.25, -0.2) is 0 Å². The molecule has 0 atom stereocenters. The minimum atomic E-state index is 0.0159. The lowest BCUT2D eigenvalue weighted by Crippen LogP contribution is -2.11. The first-order valence-corrected chi connectivity index (χ1v) is 8.09. The van der Waals surface area contributed by atoms with Crippen LogP contribution in [-0.4, -0.2) is 27.5 Å². The van der Waals surface area contributed by atoms with E-state index in [9.17, 15) is 20.4 Å². The summed E-state index contributed by atoms with van der Waals surface area (Å²) in [5.41, 5.74) is 0.897. The molecular formula is C21H17NO4. The number of hydrogen-bond acceptors (Lipinski definition) is 5. The summed E-state index contributed by atoms with van der Waals surface area (Å²) < 4.78 is 0. The second-order valence-corrected chi connectivity index (χ2v) is 6.24. The van der Waals surface area contributed by atoms with Gasteiger partial charge in [0.05, 0.1) is 11.4 Å². The zero-order valence-electron chi connectivity index (χ0n) is 14.0. The van der Waals surface area contributed by atoms with Crippen LogP contribution in [0, 0.1) is 0 Å². The third-order valence-corrected chi connectivity index (χ3v) is 4.58. The molecule has 0 spiro atoms. The van der Waals surface area contributed by atoms with E-state index < -0.39 is 0 Å². The molecule has 5 heteroatoms. The van der Waals surface area contributed by atoms with Crippen LogP contribution in [0.15, 0.2) is 60.7 Å². The van der Waals surface area contributed by atoms with Crippen LogP contribution in [0.4, 0.5) is 11.4 Å². The van der Waals surface area contributed by atoms with Gasteiger partial charge in [0.2, 0.25) is 0 Å². The van der Waals surface area contributed by atoms with Gasteiger partial charge in [0.25, 0.3) is 0 Å². The third kappa shape index (κ3) is 2.41. The number of anilines is 2. The van der Waals surface area contributed by atoms with Gasteiger partial charge in [-0.05, 0) is 47.2 Å². The number of phenolic OH excluding ortho intramolecular Hbond substituents is 4. The summed E-state index contributed by atoms with van der Waals surface area (Å²) in [6.07, 6.45) is 0. The predicted octanol–water partition coefficient (Wildman–Crippen LogP) is 4.58. The lowest BCUT2D eigenvalue weighted by molar-refractivity contribution is 0.472. The van der Waals surface area contributed by atoms with E-state index in [4.69, 9.17) is 0 Å². The van der Waals surface area contributed by atoms with Crippen LogP contribution < -0.4 is 4.90 Å². The van der Waals surface area contributed by atoms with Crippen LogP contribution in [0.3, 0.4) is 0 Å². The first-order valence-electron chi connectivity index (χ1n) is 8.09.